The zero-order valence-corrected chi connectivity index (χ0v) is 8.21. The van der Waals surface area contributed by atoms with E-state index in [1.165, 1.54) is 12.5 Å². The van der Waals surface area contributed by atoms with Gasteiger partial charge in [0, 0.05) is 5.69 Å². The van der Waals surface area contributed by atoms with E-state index in [1.807, 2.05) is 31.2 Å². The number of carboxylic acid groups (broad SMARTS) is 1. The van der Waals surface area contributed by atoms with Crippen LogP contribution in [0.2, 0.25) is 0 Å². The molecule has 4 heteroatoms. The third kappa shape index (κ3) is 1.74. The zero-order valence-electron chi connectivity index (χ0n) is 8.21. The molecule has 0 bridgehead atoms. The fourth-order valence-corrected chi connectivity index (χ4v) is 1.36. The quantitative estimate of drug-likeness (QED) is 0.808. The van der Waals surface area contributed by atoms with Gasteiger partial charge in [0.2, 0.25) is 0 Å². The van der Waals surface area contributed by atoms with Crippen molar-refractivity contribution >= 4 is 5.97 Å². The lowest BCUT2D eigenvalue weighted by atomic mass is 10.2. The molecule has 0 fully saturated rings. The van der Waals surface area contributed by atoms with Gasteiger partial charge in [0.1, 0.15) is 0 Å². The molecular weight excluding hydrogens is 192 g/mol. The van der Waals surface area contributed by atoms with Gasteiger partial charge in [-0.05, 0) is 19.1 Å². The van der Waals surface area contributed by atoms with Gasteiger partial charge >= 0.3 is 5.97 Å². The first-order valence-corrected chi connectivity index (χ1v) is 4.51. The molecule has 0 unspecified atom stereocenters. The van der Waals surface area contributed by atoms with Crippen molar-refractivity contribution < 1.29 is 9.90 Å². The molecule has 76 valence electrons. The molecular formula is C11H10N2O2. The number of carboxylic acids is 1. The molecule has 0 aliphatic carbocycles. The van der Waals surface area contributed by atoms with Crippen LogP contribution in [0.3, 0.4) is 0 Å². The van der Waals surface area contributed by atoms with Gasteiger partial charge in [0.25, 0.3) is 0 Å². The molecule has 0 spiro atoms. The minimum atomic E-state index is -0.979. The second-order valence-electron chi connectivity index (χ2n) is 3.29. The number of hydrogen-bond acceptors (Lipinski definition) is 2. The Bertz CT molecular complexity index is 486. The average molecular weight is 202 g/mol. The van der Waals surface area contributed by atoms with E-state index < -0.39 is 5.97 Å². The molecule has 0 amide bonds. The molecule has 2 rings (SSSR count). The van der Waals surface area contributed by atoms with Gasteiger partial charge in [-0.2, -0.15) is 0 Å². The van der Waals surface area contributed by atoms with E-state index in [4.69, 9.17) is 5.11 Å². The smallest absolute Gasteiger partial charge is 0.354 e. The Labute approximate surface area is 86.8 Å². The fraction of sp³-hybridized carbons (Fsp3) is 0.0909. The molecule has 0 aliphatic rings. The highest BCUT2D eigenvalue weighted by atomic mass is 16.4. The summed E-state index contributed by atoms with van der Waals surface area (Å²) >= 11 is 0. The highest BCUT2D eigenvalue weighted by molar-refractivity contribution is 5.86. The van der Waals surface area contributed by atoms with Gasteiger partial charge in [-0.25, -0.2) is 9.78 Å². The van der Waals surface area contributed by atoms with Crippen molar-refractivity contribution in [2.45, 2.75) is 6.92 Å². The average Bonchev–Trinajstić information content (AvgIpc) is 2.67. The fourth-order valence-electron chi connectivity index (χ4n) is 1.36. The van der Waals surface area contributed by atoms with Gasteiger partial charge in [0.15, 0.2) is 5.69 Å². The summed E-state index contributed by atoms with van der Waals surface area (Å²) in [6, 6.07) is 7.59. The number of aromatic nitrogens is 2. The van der Waals surface area contributed by atoms with Gasteiger partial charge < -0.3 is 5.11 Å². The topological polar surface area (TPSA) is 55.1 Å². The Hall–Kier alpha value is -2.10. The molecule has 1 N–H and O–H groups in total. The Morgan fingerprint density at radius 2 is 2.00 bits per heavy atom. The van der Waals surface area contributed by atoms with E-state index in [9.17, 15) is 4.79 Å². The summed E-state index contributed by atoms with van der Waals surface area (Å²) in [7, 11) is 0. The monoisotopic (exact) mass is 202 g/mol. The Morgan fingerprint density at radius 3 is 2.60 bits per heavy atom. The maximum absolute atomic E-state index is 10.9. The minimum absolute atomic E-state index is 0.166. The van der Waals surface area contributed by atoms with Gasteiger partial charge in [-0.15, -0.1) is 0 Å². The van der Waals surface area contributed by atoms with Crippen LogP contribution in [-0.4, -0.2) is 20.6 Å². The lowest BCUT2D eigenvalue weighted by Gasteiger charge is -2.04. The van der Waals surface area contributed by atoms with E-state index in [2.05, 4.69) is 4.98 Å². The van der Waals surface area contributed by atoms with E-state index in [-0.39, 0.29) is 5.69 Å². The lowest BCUT2D eigenvalue weighted by molar-refractivity contribution is 0.0688. The number of benzene rings is 1. The first kappa shape index (κ1) is 9.45. The molecule has 2 aromatic rings. The highest BCUT2D eigenvalue weighted by Gasteiger charge is 2.10. The molecule has 1 aromatic heterocycles. The van der Waals surface area contributed by atoms with Crippen LogP contribution in [0.15, 0.2) is 36.8 Å². The van der Waals surface area contributed by atoms with Gasteiger partial charge in [-0.1, -0.05) is 17.7 Å². The number of hydrogen-bond donors (Lipinski definition) is 1. The predicted octanol–water partition coefficient (Wildman–Crippen LogP) is 1.88. The standard InChI is InChI=1S/C11H10N2O2/c1-8-2-4-9(5-3-8)13-7-12-6-10(13)11(14)15/h2-7H,1H3,(H,14,15). The van der Waals surface area contributed by atoms with Gasteiger partial charge in [0.05, 0.1) is 12.5 Å². The molecule has 15 heavy (non-hydrogen) atoms. The summed E-state index contributed by atoms with van der Waals surface area (Å²) in [6.45, 7) is 1.98. The van der Waals surface area contributed by atoms with E-state index in [1.54, 1.807) is 4.57 Å². The molecule has 1 heterocycles. The number of aryl methyl sites for hydroxylation is 1. The first-order chi connectivity index (χ1) is 7.18. The summed E-state index contributed by atoms with van der Waals surface area (Å²) in [5.74, 6) is -0.979. The lowest BCUT2D eigenvalue weighted by Crippen LogP contribution is -2.05. The SMILES string of the molecule is Cc1ccc(-n2cncc2C(=O)O)cc1. The normalized spacial score (nSPS) is 10.2. The van der Waals surface area contributed by atoms with Crippen LogP contribution in [0.4, 0.5) is 0 Å². The third-order valence-corrected chi connectivity index (χ3v) is 2.17. The molecule has 0 radical (unpaired) electrons. The maximum Gasteiger partial charge on any atom is 0.354 e. The van der Waals surface area contributed by atoms with Crippen LogP contribution >= 0.6 is 0 Å². The second kappa shape index (κ2) is 3.57. The summed E-state index contributed by atoms with van der Waals surface area (Å²) in [6.07, 6.45) is 2.83. The summed E-state index contributed by atoms with van der Waals surface area (Å²) in [5, 5.41) is 8.91. The molecule has 0 saturated carbocycles. The Balaban J connectivity index is 2.49. The Morgan fingerprint density at radius 1 is 1.33 bits per heavy atom. The van der Waals surface area contributed by atoms with Crippen molar-refractivity contribution in [3.63, 3.8) is 0 Å². The van der Waals surface area contributed by atoms with E-state index in [0.717, 1.165) is 11.3 Å². The first-order valence-electron chi connectivity index (χ1n) is 4.51. The van der Waals surface area contributed by atoms with Crippen LogP contribution < -0.4 is 0 Å². The number of carbonyl (C=O) groups is 1. The van der Waals surface area contributed by atoms with E-state index >= 15 is 0 Å². The molecule has 0 saturated heterocycles. The summed E-state index contributed by atoms with van der Waals surface area (Å²) in [5.41, 5.74) is 2.10. The van der Waals surface area contributed by atoms with Crippen molar-refractivity contribution in [3.05, 3.63) is 48.0 Å². The van der Waals surface area contributed by atoms with E-state index in [0.29, 0.717) is 0 Å². The number of rotatable bonds is 2. The minimum Gasteiger partial charge on any atom is -0.477 e. The van der Waals surface area contributed by atoms with Crippen molar-refractivity contribution in [3.8, 4) is 5.69 Å². The summed E-state index contributed by atoms with van der Waals surface area (Å²) in [4.78, 5) is 14.7. The highest BCUT2D eigenvalue weighted by Crippen LogP contribution is 2.12. The van der Waals surface area contributed by atoms with Crippen LogP contribution in [0.1, 0.15) is 16.1 Å². The van der Waals surface area contributed by atoms with Crippen molar-refractivity contribution in [1.29, 1.82) is 0 Å². The number of imidazole rings is 1. The largest absolute Gasteiger partial charge is 0.477 e. The maximum atomic E-state index is 10.9. The second-order valence-corrected chi connectivity index (χ2v) is 3.29. The zero-order chi connectivity index (χ0) is 10.8. The molecule has 0 atom stereocenters. The predicted molar refractivity (Wildman–Crippen MR) is 55.3 cm³/mol. The van der Waals surface area contributed by atoms with Crippen LogP contribution in [-0.2, 0) is 0 Å². The van der Waals surface area contributed by atoms with Crippen LogP contribution in [0, 0.1) is 6.92 Å². The van der Waals surface area contributed by atoms with Crippen LogP contribution in [0.25, 0.3) is 5.69 Å². The van der Waals surface area contributed by atoms with Crippen molar-refractivity contribution in [2.75, 3.05) is 0 Å². The van der Waals surface area contributed by atoms with Crippen molar-refractivity contribution in [2.24, 2.45) is 0 Å². The molecule has 4 nitrogen and oxygen atoms in total. The number of aromatic carboxylic acids is 1. The molecule has 0 aliphatic heterocycles. The number of nitrogens with zero attached hydrogens (tertiary/aromatic N) is 2. The van der Waals surface area contributed by atoms with Gasteiger partial charge in [-0.3, -0.25) is 4.57 Å². The van der Waals surface area contributed by atoms with Crippen LogP contribution in [0.5, 0.6) is 0 Å². The molecule has 1 aromatic carbocycles. The third-order valence-electron chi connectivity index (χ3n) is 2.17. The summed E-state index contributed by atoms with van der Waals surface area (Å²) < 4.78 is 1.54. The Kier molecular flexibility index (Phi) is 2.25. The van der Waals surface area contributed by atoms with Crippen molar-refractivity contribution in [1.82, 2.24) is 9.55 Å².